The zero-order valence-electron chi connectivity index (χ0n) is 10.9. The van der Waals surface area contributed by atoms with E-state index in [0.29, 0.717) is 18.0 Å². The topological polar surface area (TPSA) is 21.3 Å². The van der Waals surface area contributed by atoms with E-state index in [9.17, 15) is 4.39 Å². The van der Waals surface area contributed by atoms with Gasteiger partial charge in [-0.3, -0.25) is 0 Å². The largest absolute Gasteiger partial charge is 0.453 e. The average Bonchev–Trinajstić information content (AvgIpc) is 2.43. The first-order chi connectivity index (χ1) is 9.26. The molecule has 0 atom stereocenters. The second-order valence-electron chi connectivity index (χ2n) is 4.01. The van der Waals surface area contributed by atoms with Crippen molar-refractivity contribution in [2.75, 3.05) is 13.3 Å². The zero-order chi connectivity index (χ0) is 13.7. The number of halogens is 1. The van der Waals surface area contributed by atoms with Gasteiger partial charge in [-0.05, 0) is 31.5 Å². The van der Waals surface area contributed by atoms with Crippen molar-refractivity contribution in [3.63, 3.8) is 0 Å². The fraction of sp³-hybridized carbons (Fsp3) is 0.200. The van der Waals surface area contributed by atoms with Crippen LogP contribution in [0.5, 0.6) is 11.5 Å². The smallest absolute Gasteiger partial charge is 0.167 e. The lowest BCUT2D eigenvalue weighted by molar-refractivity contribution is 0.426. The third-order valence-corrected chi connectivity index (χ3v) is 3.47. The Kier molecular flexibility index (Phi) is 4.82. The highest BCUT2D eigenvalue weighted by atomic mass is 32.2. The van der Waals surface area contributed by atoms with Gasteiger partial charge in [0.25, 0.3) is 0 Å². The molecule has 19 heavy (non-hydrogen) atoms. The standard InChI is InChI=1S/C15H16FNOS/c1-17-10-11-6-5-7-12(16)15(11)18-13-8-3-4-9-14(13)19-2/h3-9,17H,10H2,1-2H3. The van der Waals surface area contributed by atoms with E-state index in [-0.39, 0.29) is 5.82 Å². The molecule has 100 valence electrons. The summed E-state index contributed by atoms with van der Waals surface area (Å²) >= 11 is 1.58. The van der Waals surface area contributed by atoms with E-state index in [1.165, 1.54) is 6.07 Å². The number of hydrogen-bond donors (Lipinski definition) is 1. The Bertz CT molecular complexity index is 560. The molecule has 0 aliphatic rings. The van der Waals surface area contributed by atoms with Gasteiger partial charge in [-0.2, -0.15) is 0 Å². The van der Waals surface area contributed by atoms with Gasteiger partial charge in [0.2, 0.25) is 0 Å². The molecule has 0 amide bonds. The van der Waals surface area contributed by atoms with Crippen LogP contribution < -0.4 is 10.1 Å². The van der Waals surface area contributed by atoms with E-state index < -0.39 is 0 Å². The average molecular weight is 277 g/mol. The Morgan fingerprint density at radius 1 is 1.16 bits per heavy atom. The van der Waals surface area contributed by atoms with Crippen molar-refractivity contribution in [2.45, 2.75) is 11.4 Å². The molecule has 0 aromatic heterocycles. The predicted molar refractivity (Wildman–Crippen MR) is 77.5 cm³/mol. The summed E-state index contributed by atoms with van der Waals surface area (Å²) in [5.41, 5.74) is 0.804. The van der Waals surface area contributed by atoms with Crippen LogP contribution in [0.4, 0.5) is 4.39 Å². The van der Waals surface area contributed by atoms with Gasteiger partial charge in [0.15, 0.2) is 11.6 Å². The predicted octanol–water partition coefficient (Wildman–Crippen LogP) is 4.06. The van der Waals surface area contributed by atoms with Crippen molar-refractivity contribution >= 4 is 11.8 Å². The van der Waals surface area contributed by atoms with Gasteiger partial charge in [0.05, 0.1) is 0 Å². The molecule has 2 aromatic carbocycles. The molecule has 2 nitrogen and oxygen atoms in total. The molecule has 1 N–H and O–H groups in total. The fourth-order valence-corrected chi connectivity index (χ4v) is 2.34. The lowest BCUT2D eigenvalue weighted by Gasteiger charge is -2.13. The molecular formula is C15H16FNOS. The lowest BCUT2D eigenvalue weighted by Crippen LogP contribution is -2.07. The maximum atomic E-state index is 13.9. The van der Waals surface area contributed by atoms with Crippen LogP contribution in [-0.4, -0.2) is 13.3 Å². The van der Waals surface area contributed by atoms with E-state index in [4.69, 9.17) is 4.74 Å². The molecule has 0 saturated carbocycles. The fourth-order valence-electron chi connectivity index (χ4n) is 1.81. The number of nitrogens with one attached hydrogen (secondary N) is 1. The number of hydrogen-bond acceptors (Lipinski definition) is 3. The maximum absolute atomic E-state index is 13.9. The Labute approximate surface area is 117 Å². The highest BCUT2D eigenvalue weighted by molar-refractivity contribution is 7.98. The van der Waals surface area contributed by atoms with Crippen LogP contribution in [0.2, 0.25) is 0 Å². The molecule has 0 aliphatic heterocycles. The summed E-state index contributed by atoms with van der Waals surface area (Å²) in [6.45, 7) is 0.564. The van der Waals surface area contributed by atoms with Crippen LogP contribution in [-0.2, 0) is 6.54 Å². The van der Waals surface area contributed by atoms with Crippen molar-refractivity contribution in [3.8, 4) is 11.5 Å². The Morgan fingerprint density at radius 3 is 2.68 bits per heavy atom. The van der Waals surface area contributed by atoms with Crippen LogP contribution in [0.1, 0.15) is 5.56 Å². The summed E-state index contributed by atoms with van der Waals surface area (Å²) in [6.07, 6.45) is 1.97. The summed E-state index contributed by atoms with van der Waals surface area (Å²) in [5.74, 6) is 0.624. The number of thioether (sulfide) groups is 1. The van der Waals surface area contributed by atoms with E-state index in [1.54, 1.807) is 17.8 Å². The number of rotatable bonds is 5. The number of ether oxygens (including phenoxy) is 1. The first kappa shape index (κ1) is 13.9. The van der Waals surface area contributed by atoms with Crippen LogP contribution in [0.25, 0.3) is 0 Å². The quantitative estimate of drug-likeness (QED) is 0.833. The summed E-state index contributed by atoms with van der Waals surface area (Å²) in [7, 11) is 1.82. The van der Waals surface area contributed by atoms with Gasteiger partial charge in [0, 0.05) is 17.0 Å². The first-order valence-corrected chi connectivity index (χ1v) is 7.21. The van der Waals surface area contributed by atoms with Gasteiger partial charge < -0.3 is 10.1 Å². The Morgan fingerprint density at radius 2 is 1.95 bits per heavy atom. The van der Waals surface area contributed by atoms with Gasteiger partial charge >= 0.3 is 0 Å². The molecule has 2 rings (SSSR count). The molecule has 0 saturated heterocycles. The zero-order valence-corrected chi connectivity index (χ0v) is 11.8. The van der Waals surface area contributed by atoms with E-state index >= 15 is 0 Å². The molecule has 4 heteroatoms. The van der Waals surface area contributed by atoms with Crippen LogP contribution in [0, 0.1) is 5.82 Å². The minimum Gasteiger partial charge on any atom is -0.453 e. The van der Waals surface area contributed by atoms with Gasteiger partial charge in [-0.25, -0.2) is 4.39 Å². The molecule has 0 spiro atoms. The Balaban J connectivity index is 2.37. The van der Waals surface area contributed by atoms with E-state index in [2.05, 4.69) is 5.32 Å². The maximum Gasteiger partial charge on any atom is 0.167 e. The molecule has 0 aliphatic carbocycles. The highest BCUT2D eigenvalue weighted by Gasteiger charge is 2.12. The van der Waals surface area contributed by atoms with Crippen molar-refractivity contribution in [2.24, 2.45) is 0 Å². The number of benzene rings is 2. The van der Waals surface area contributed by atoms with Crippen molar-refractivity contribution in [1.29, 1.82) is 0 Å². The van der Waals surface area contributed by atoms with E-state index in [0.717, 1.165) is 10.5 Å². The summed E-state index contributed by atoms with van der Waals surface area (Å²) in [5, 5.41) is 3.01. The van der Waals surface area contributed by atoms with Crippen molar-refractivity contribution < 1.29 is 9.13 Å². The summed E-state index contributed by atoms with van der Waals surface area (Å²) < 4.78 is 19.7. The minimum atomic E-state index is -0.344. The molecule has 0 unspecified atom stereocenters. The van der Waals surface area contributed by atoms with Crippen LogP contribution in [0.15, 0.2) is 47.4 Å². The third-order valence-electron chi connectivity index (χ3n) is 2.70. The molecule has 2 aromatic rings. The van der Waals surface area contributed by atoms with E-state index in [1.807, 2.05) is 43.6 Å². The SMILES string of the molecule is CNCc1cccc(F)c1Oc1ccccc1SC. The second kappa shape index (κ2) is 6.59. The summed E-state index contributed by atoms with van der Waals surface area (Å²) in [6, 6.07) is 12.6. The van der Waals surface area contributed by atoms with Crippen LogP contribution >= 0.6 is 11.8 Å². The van der Waals surface area contributed by atoms with Crippen LogP contribution in [0.3, 0.4) is 0 Å². The first-order valence-electron chi connectivity index (χ1n) is 5.99. The highest BCUT2D eigenvalue weighted by Crippen LogP contribution is 2.34. The molecule has 0 heterocycles. The minimum absolute atomic E-state index is 0.290. The summed E-state index contributed by atoms with van der Waals surface area (Å²) in [4.78, 5) is 0.987. The third kappa shape index (κ3) is 3.28. The molecule has 0 fully saturated rings. The monoisotopic (exact) mass is 277 g/mol. The molecule has 0 radical (unpaired) electrons. The normalized spacial score (nSPS) is 10.5. The second-order valence-corrected chi connectivity index (χ2v) is 4.86. The van der Waals surface area contributed by atoms with Gasteiger partial charge in [0.1, 0.15) is 5.75 Å². The van der Waals surface area contributed by atoms with Crippen molar-refractivity contribution in [3.05, 3.63) is 53.8 Å². The van der Waals surface area contributed by atoms with Gasteiger partial charge in [-0.15, -0.1) is 11.8 Å². The van der Waals surface area contributed by atoms with Gasteiger partial charge in [-0.1, -0.05) is 24.3 Å². The van der Waals surface area contributed by atoms with Crippen molar-refractivity contribution in [1.82, 2.24) is 5.32 Å². The molecule has 0 bridgehead atoms. The lowest BCUT2D eigenvalue weighted by atomic mass is 10.2. The molecular weight excluding hydrogens is 261 g/mol. The number of para-hydroxylation sites is 2. The Hall–Kier alpha value is -1.52.